The average molecular weight is 347 g/mol. The second-order valence-electron chi connectivity index (χ2n) is 6.78. The van der Waals surface area contributed by atoms with Crippen LogP contribution in [0, 0.1) is 0 Å². The Kier molecular flexibility index (Phi) is 4.21. The predicted octanol–water partition coefficient (Wildman–Crippen LogP) is 2.28. The number of para-hydroxylation sites is 1. The van der Waals surface area contributed by atoms with Crippen molar-refractivity contribution in [1.29, 1.82) is 0 Å². The second-order valence-corrected chi connectivity index (χ2v) is 6.78. The highest BCUT2D eigenvalue weighted by atomic mass is 16.2. The third kappa shape index (κ3) is 2.96. The van der Waals surface area contributed by atoms with Crippen LogP contribution in [-0.2, 0) is 22.4 Å². The van der Waals surface area contributed by atoms with Crippen LogP contribution in [0.15, 0.2) is 60.8 Å². The third-order valence-electron chi connectivity index (χ3n) is 5.10. The zero-order valence-corrected chi connectivity index (χ0v) is 14.6. The number of aromatic nitrogens is 1. The molecule has 0 bridgehead atoms. The van der Waals surface area contributed by atoms with Crippen LogP contribution >= 0.6 is 0 Å². The molecule has 3 aromatic rings. The zero-order chi connectivity index (χ0) is 18.1. The molecule has 4 rings (SSSR count). The van der Waals surface area contributed by atoms with Crippen LogP contribution in [0.2, 0.25) is 0 Å². The minimum absolute atomic E-state index is 0.0455. The van der Waals surface area contributed by atoms with Crippen molar-refractivity contribution in [3.8, 4) is 0 Å². The number of H-pyrrole nitrogens is 1. The van der Waals surface area contributed by atoms with Gasteiger partial charge in [0.1, 0.15) is 12.1 Å². The molecular formula is C21H21N3O2. The van der Waals surface area contributed by atoms with Gasteiger partial charge in [-0.25, -0.2) is 0 Å². The van der Waals surface area contributed by atoms with E-state index in [9.17, 15) is 9.59 Å². The highest BCUT2D eigenvalue weighted by Gasteiger charge is 2.38. The first-order valence-electron chi connectivity index (χ1n) is 8.79. The largest absolute Gasteiger partial charge is 0.361 e. The summed E-state index contributed by atoms with van der Waals surface area (Å²) < 4.78 is 0. The van der Waals surface area contributed by atoms with E-state index in [4.69, 9.17) is 0 Å². The number of amides is 2. The van der Waals surface area contributed by atoms with E-state index in [2.05, 4.69) is 10.3 Å². The molecule has 2 amide bonds. The molecule has 5 heteroatoms. The van der Waals surface area contributed by atoms with E-state index in [0.717, 1.165) is 22.0 Å². The SMILES string of the molecule is CN1C(=O)C(Cc2c[nH]c3ccccc23)NC(=O)C1Cc1ccccc1. The van der Waals surface area contributed by atoms with Crippen LogP contribution < -0.4 is 5.32 Å². The minimum Gasteiger partial charge on any atom is -0.361 e. The number of carbonyl (C=O) groups is 2. The van der Waals surface area contributed by atoms with E-state index >= 15 is 0 Å². The summed E-state index contributed by atoms with van der Waals surface area (Å²) in [5, 5.41) is 4.01. The number of fused-ring (bicyclic) bond motifs is 1. The zero-order valence-electron chi connectivity index (χ0n) is 14.6. The summed E-state index contributed by atoms with van der Waals surface area (Å²) in [5.41, 5.74) is 3.11. The average Bonchev–Trinajstić information content (AvgIpc) is 3.07. The monoisotopic (exact) mass is 347 g/mol. The lowest BCUT2D eigenvalue weighted by Gasteiger charge is -2.36. The highest BCUT2D eigenvalue weighted by molar-refractivity contribution is 5.97. The van der Waals surface area contributed by atoms with Gasteiger partial charge in [0.25, 0.3) is 0 Å². The van der Waals surface area contributed by atoms with E-state index in [1.54, 1.807) is 11.9 Å². The number of nitrogens with one attached hydrogen (secondary N) is 2. The van der Waals surface area contributed by atoms with Gasteiger partial charge in [-0.1, -0.05) is 48.5 Å². The maximum atomic E-state index is 12.8. The van der Waals surface area contributed by atoms with Crippen molar-refractivity contribution in [3.05, 3.63) is 71.9 Å². The van der Waals surface area contributed by atoms with Crippen LogP contribution in [-0.4, -0.2) is 40.8 Å². The molecule has 1 aromatic heterocycles. The number of carbonyl (C=O) groups excluding carboxylic acids is 2. The molecule has 2 heterocycles. The molecule has 1 fully saturated rings. The van der Waals surface area contributed by atoms with E-state index in [1.165, 1.54) is 0 Å². The lowest BCUT2D eigenvalue weighted by Crippen LogP contribution is -2.63. The number of nitrogens with zero attached hydrogens (tertiary/aromatic N) is 1. The molecule has 2 aromatic carbocycles. The van der Waals surface area contributed by atoms with Gasteiger partial charge < -0.3 is 15.2 Å². The number of likely N-dealkylation sites (N-methyl/N-ethyl adjacent to an activating group) is 1. The van der Waals surface area contributed by atoms with Crippen molar-refractivity contribution in [1.82, 2.24) is 15.2 Å². The van der Waals surface area contributed by atoms with Crippen molar-refractivity contribution in [2.45, 2.75) is 24.9 Å². The van der Waals surface area contributed by atoms with Crippen molar-refractivity contribution >= 4 is 22.7 Å². The molecule has 2 unspecified atom stereocenters. The van der Waals surface area contributed by atoms with Crippen LogP contribution in [0.25, 0.3) is 10.9 Å². The van der Waals surface area contributed by atoms with Gasteiger partial charge in [-0.3, -0.25) is 9.59 Å². The number of hydrogen-bond donors (Lipinski definition) is 2. The van der Waals surface area contributed by atoms with Gasteiger partial charge in [-0.05, 0) is 17.2 Å². The van der Waals surface area contributed by atoms with Gasteiger partial charge in [0.05, 0.1) is 0 Å². The Labute approximate surface area is 152 Å². The number of aromatic amines is 1. The lowest BCUT2D eigenvalue weighted by molar-refractivity contribution is -0.147. The molecular weight excluding hydrogens is 326 g/mol. The van der Waals surface area contributed by atoms with E-state index in [1.807, 2.05) is 60.8 Å². The molecule has 1 saturated heterocycles. The Morgan fingerprint density at radius 3 is 2.50 bits per heavy atom. The fourth-order valence-corrected chi connectivity index (χ4v) is 3.63. The Bertz CT molecular complexity index is 948. The smallest absolute Gasteiger partial charge is 0.245 e. The summed E-state index contributed by atoms with van der Waals surface area (Å²) in [4.78, 5) is 30.3. The first-order chi connectivity index (χ1) is 12.6. The van der Waals surface area contributed by atoms with Gasteiger partial charge in [-0.2, -0.15) is 0 Å². The molecule has 0 saturated carbocycles. The second kappa shape index (κ2) is 6.67. The van der Waals surface area contributed by atoms with Crippen molar-refractivity contribution < 1.29 is 9.59 Å². The quantitative estimate of drug-likeness (QED) is 0.760. The Morgan fingerprint density at radius 1 is 0.962 bits per heavy atom. The predicted molar refractivity (Wildman–Crippen MR) is 101 cm³/mol. The fourth-order valence-electron chi connectivity index (χ4n) is 3.63. The van der Waals surface area contributed by atoms with E-state index in [0.29, 0.717) is 12.8 Å². The molecule has 132 valence electrons. The van der Waals surface area contributed by atoms with Gasteiger partial charge in [0, 0.05) is 37.0 Å². The van der Waals surface area contributed by atoms with Crippen molar-refractivity contribution in [2.75, 3.05) is 7.05 Å². The Morgan fingerprint density at radius 2 is 1.69 bits per heavy atom. The molecule has 26 heavy (non-hydrogen) atoms. The lowest BCUT2D eigenvalue weighted by atomic mass is 9.97. The van der Waals surface area contributed by atoms with Gasteiger partial charge in [0.2, 0.25) is 11.8 Å². The van der Waals surface area contributed by atoms with Crippen LogP contribution in [0.5, 0.6) is 0 Å². The molecule has 0 radical (unpaired) electrons. The normalized spacial score (nSPS) is 20.4. The standard InChI is InChI=1S/C21H21N3O2/c1-24-19(11-14-7-3-2-4-8-14)20(25)23-18(21(24)26)12-15-13-22-17-10-6-5-9-16(15)17/h2-10,13,18-19,22H,11-12H2,1H3,(H,23,25). The van der Waals surface area contributed by atoms with Crippen LogP contribution in [0.1, 0.15) is 11.1 Å². The first-order valence-corrected chi connectivity index (χ1v) is 8.79. The third-order valence-corrected chi connectivity index (χ3v) is 5.10. The molecule has 1 aliphatic rings. The molecule has 0 spiro atoms. The number of benzene rings is 2. The summed E-state index contributed by atoms with van der Waals surface area (Å²) in [6.07, 6.45) is 2.92. The minimum atomic E-state index is -0.529. The van der Waals surface area contributed by atoms with Crippen molar-refractivity contribution in [2.24, 2.45) is 0 Å². The molecule has 5 nitrogen and oxygen atoms in total. The molecule has 0 aliphatic carbocycles. The molecule has 1 aliphatic heterocycles. The first kappa shape index (κ1) is 16.4. The van der Waals surface area contributed by atoms with Crippen LogP contribution in [0.4, 0.5) is 0 Å². The number of rotatable bonds is 4. The summed E-state index contributed by atoms with van der Waals surface area (Å²) in [5.74, 6) is -0.142. The van der Waals surface area contributed by atoms with Crippen molar-refractivity contribution in [3.63, 3.8) is 0 Å². The number of piperazine rings is 1. The topological polar surface area (TPSA) is 65.2 Å². The van der Waals surface area contributed by atoms with Gasteiger partial charge >= 0.3 is 0 Å². The maximum absolute atomic E-state index is 12.8. The number of hydrogen-bond acceptors (Lipinski definition) is 2. The Hall–Kier alpha value is -3.08. The highest BCUT2D eigenvalue weighted by Crippen LogP contribution is 2.21. The summed E-state index contributed by atoms with van der Waals surface area (Å²) in [7, 11) is 1.72. The fraction of sp³-hybridized carbons (Fsp3) is 0.238. The molecule has 2 atom stereocenters. The summed E-state index contributed by atoms with van der Waals surface area (Å²) in [6.45, 7) is 0. The Balaban J connectivity index is 1.52. The van der Waals surface area contributed by atoms with Gasteiger partial charge in [0.15, 0.2) is 0 Å². The van der Waals surface area contributed by atoms with Gasteiger partial charge in [-0.15, -0.1) is 0 Å². The van der Waals surface area contributed by atoms with E-state index in [-0.39, 0.29) is 11.8 Å². The maximum Gasteiger partial charge on any atom is 0.245 e. The summed E-state index contributed by atoms with van der Waals surface area (Å²) in [6, 6.07) is 16.8. The summed E-state index contributed by atoms with van der Waals surface area (Å²) >= 11 is 0. The molecule has 2 N–H and O–H groups in total. The van der Waals surface area contributed by atoms with E-state index < -0.39 is 12.1 Å². The van der Waals surface area contributed by atoms with Crippen LogP contribution in [0.3, 0.4) is 0 Å².